The zero-order valence-corrected chi connectivity index (χ0v) is 11.4. The maximum Gasteiger partial charge on any atom is 0.139 e. The number of imidazole rings is 1. The van der Waals surface area contributed by atoms with Crippen LogP contribution in [0, 0.1) is 5.82 Å². The van der Waals surface area contributed by atoms with E-state index in [-0.39, 0.29) is 5.82 Å². The summed E-state index contributed by atoms with van der Waals surface area (Å²) in [7, 11) is 0. The number of fused-ring (bicyclic) bond motifs is 1. The molecule has 5 heteroatoms. The summed E-state index contributed by atoms with van der Waals surface area (Å²) in [4.78, 5) is 7.54. The molecular formula is C13H7BrClFN2. The number of H-pyrrole nitrogens is 1. The van der Waals surface area contributed by atoms with Gasteiger partial charge < -0.3 is 4.98 Å². The third kappa shape index (κ3) is 1.91. The predicted octanol–water partition coefficient (Wildman–Crippen LogP) is 4.78. The number of nitrogens with zero attached hydrogens (tertiary/aromatic N) is 1. The number of rotatable bonds is 1. The molecule has 0 radical (unpaired) electrons. The maximum absolute atomic E-state index is 13.5. The van der Waals surface area contributed by atoms with Gasteiger partial charge in [-0.2, -0.15) is 0 Å². The lowest BCUT2D eigenvalue weighted by atomic mass is 10.2. The van der Waals surface area contributed by atoms with Gasteiger partial charge in [-0.05, 0) is 46.3 Å². The number of aromatic nitrogens is 2. The van der Waals surface area contributed by atoms with Gasteiger partial charge in [0.05, 0.1) is 15.5 Å². The fourth-order valence-electron chi connectivity index (χ4n) is 1.80. The van der Waals surface area contributed by atoms with E-state index in [4.69, 9.17) is 11.6 Å². The van der Waals surface area contributed by atoms with Gasteiger partial charge in [-0.25, -0.2) is 9.37 Å². The van der Waals surface area contributed by atoms with Crippen LogP contribution in [0.1, 0.15) is 0 Å². The summed E-state index contributed by atoms with van der Waals surface area (Å²) in [6.45, 7) is 0. The Labute approximate surface area is 116 Å². The number of nitrogens with one attached hydrogen (secondary N) is 1. The topological polar surface area (TPSA) is 28.7 Å². The third-order valence-corrected chi connectivity index (χ3v) is 3.69. The van der Waals surface area contributed by atoms with Gasteiger partial charge in [0, 0.05) is 10.6 Å². The second-order valence-electron chi connectivity index (χ2n) is 3.85. The molecule has 2 aromatic carbocycles. The van der Waals surface area contributed by atoms with Gasteiger partial charge in [0.25, 0.3) is 0 Å². The first kappa shape index (κ1) is 11.7. The quantitative estimate of drug-likeness (QED) is 0.685. The minimum Gasteiger partial charge on any atom is -0.338 e. The molecule has 0 amide bonds. The van der Waals surface area contributed by atoms with Crippen molar-refractivity contribution in [2.75, 3.05) is 0 Å². The van der Waals surface area contributed by atoms with Crippen molar-refractivity contribution in [3.8, 4) is 11.4 Å². The Morgan fingerprint density at radius 3 is 2.89 bits per heavy atom. The zero-order chi connectivity index (χ0) is 12.7. The van der Waals surface area contributed by atoms with E-state index >= 15 is 0 Å². The summed E-state index contributed by atoms with van der Waals surface area (Å²) in [5, 5.41) is 0.635. The number of benzene rings is 2. The van der Waals surface area contributed by atoms with Crippen molar-refractivity contribution in [3.63, 3.8) is 0 Å². The van der Waals surface area contributed by atoms with E-state index in [0.29, 0.717) is 20.9 Å². The van der Waals surface area contributed by atoms with Crippen molar-refractivity contribution in [1.82, 2.24) is 9.97 Å². The molecule has 1 aromatic heterocycles. The minimum atomic E-state index is -0.314. The predicted molar refractivity (Wildman–Crippen MR) is 74.2 cm³/mol. The first-order chi connectivity index (χ1) is 8.65. The highest BCUT2D eigenvalue weighted by molar-refractivity contribution is 9.10. The minimum absolute atomic E-state index is 0.314. The van der Waals surface area contributed by atoms with Crippen LogP contribution in [0.5, 0.6) is 0 Å². The Kier molecular flexibility index (Phi) is 2.84. The number of aromatic amines is 1. The van der Waals surface area contributed by atoms with Crippen LogP contribution in [0.4, 0.5) is 4.39 Å². The van der Waals surface area contributed by atoms with Gasteiger partial charge in [-0.15, -0.1) is 0 Å². The molecule has 0 atom stereocenters. The summed E-state index contributed by atoms with van der Waals surface area (Å²) in [5.74, 6) is 0.296. The molecule has 0 aliphatic heterocycles. The number of halogens is 3. The molecule has 0 aliphatic carbocycles. The van der Waals surface area contributed by atoms with Crippen molar-refractivity contribution in [1.29, 1.82) is 0 Å². The summed E-state index contributed by atoms with van der Waals surface area (Å²) in [5.41, 5.74) is 2.31. The zero-order valence-electron chi connectivity index (χ0n) is 9.05. The summed E-state index contributed by atoms with van der Waals surface area (Å²) in [6, 6.07) is 10.2. The molecule has 0 fully saturated rings. The molecule has 18 heavy (non-hydrogen) atoms. The molecule has 0 aliphatic rings. The van der Waals surface area contributed by atoms with Gasteiger partial charge in [0.2, 0.25) is 0 Å². The Morgan fingerprint density at radius 1 is 1.22 bits per heavy atom. The van der Waals surface area contributed by atoms with Crippen LogP contribution in [-0.2, 0) is 0 Å². The smallest absolute Gasteiger partial charge is 0.139 e. The van der Waals surface area contributed by atoms with Crippen molar-refractivity contribution in [2.45, 2.75) is 0 Å². The summed E-state index contributed by atoms with van der Waals surface area (Å²) >= 11 is 9.14. The molecule has 0 saturated carbocycles. The molecule has 0 saturated heterocycles. The fourth-order valence-corrected chi connectivity index (χ4v) is 2.42. The SMILES string of the molecule is Fc1cccc(-c2nc3ccc(Cl)cc3[nH]2)c1Br. The largest absolute Gasteiger partial charge is 0.338 e. The fraction of sp³-hybridized carbons (Fsp3) is 0. The first-order valence-electron chi connectivity index (χ1n) is 5.25. The van der Waals surface area contributed by atoms with E-state index in [1.807, 2.05) is 6.07 Å². The second-order valence-corrected chi connectivity index (χ2v) is 5.08. The van der Waals surface area contributed by atoms with Crippen LogP contribution in [0.2, 0.25) is 5.02 Å². The molecule has 90 valence electrons. The Morgan fingerprint density at radius 2 is 2.06 bits per heavy atom. The van der Waals surface area contributed by atoms with Gasteiger partial charge in [-0.3, -0.25) is 0 Å². The normalized spacial score (nSPS) is 11.1. The maximum atomic E-state index is 13.5. The van der Waals surface area contributed by atoms with Crippen molar-refractivity contribution in [2.24, 2.45) is 0 Å². The lowest BCUT2D eigenvalue weighted by Crippen LogP contribution is -1.85. The van der Waals surface area contributed by atoms with Crippen LogP contribution in [0.3, 0.4) is 0 Å². The highest BCUT2D eigenvalue weighted by Crippen LogP contribution is 2.30. The molecular weight excluding hydrogens is 319 g/mol. The van der Waals surface area contributed by atoms with E-state index in [1.54, 1.807) is 24.3 Å². The van der Waals surface area contributed by atoms with E-state index in [0.717, 1.165) is 11.0 Å². The van der Waals surface area contributed by atoms with E-state index in [1.165, 1.54) is 6.07 Å². The van der Waals surface area contributed by atoms with Crippen LogP contribution in [0.15, 0.2) is 40.9 Å². The van der Waals surface area contributed by atoms with E-state index < -0.39 is 0 Å². The van der Waals surface area contributed by atoms with Gasteiger partial charge in [0.1, 0.15) is 11.6 Å². The van der Waals surface area contributed by atoms with Crippen LogP contribution in [-0.4, -0.2) is 9.97 Å². The standard InChI is InChI=1S/C13H7BrClFN2/c14-12-8(2-1-3-9(12)16)13-17-10-5-4-7(15)6-11(10)18-13/h1-6H,(H,17,18). The van der Waals surface area contributed by atoms with E-state index in [9.17, 15) is 4.39 Å². The Balaban J connectivity index is 2.22. The molecule has 1 heterocycles. The molecule has 1 N–H and O–H groups in total. The first-order valence-corrected chi connectivity index (χ1v) is 6.42. The lowest BCUT2D eigenvalue weighted by molar-refractivity contribution is 0.621. The Bertz CT molecular complexity index is 739. The molecule has 3 aromatic rings. The van der Waals surface area contributed by atoms with Crippen molar-refractivity contribution < 1.29 is 4.39 Å². The summed E-state index contributed by atoms with van der Waals surface area (Å²) < 4.78 is 13.9. The molecule has 0 unspecified atom stereocenters. The number of hydrogen-bond acceptors (Lipinski definition) is 1. The van der Waals surface area contributed by atoms with Crippen molar-refractivity contribution in [3.05, 3.63) is 51.7 Å². The number of hydrogen-bond donors (Lipinski definition) is 1. The van der Waals surface area contributed by atoms with E-state index in [2.05, 4.69) is 25.9 Å². The highest BCUT2D eigenvalue weighted by Gasteiger charge is 2.11. The average molecular weight is 326 g/mol. The van der Waals surface area contributed by atoms with Gasteiger partial charge in [-0.1, -0.05) is 17.7 Å². The molecule has 3 rings (SSSR count). The molecule has 0 bridgehead atoms. The molecule has 0 spiro atoms. The Hall–Kier alpha value is -1.39. The monoisotopic (exact) mass is 324 g/mol. The third-order valence-electron chi connectivity index (χ3n) is 2.65. The summed E-state index contributed by atoms with van der Waals surface area (Å²) in [6.07, 6.45) is 0. The highest BCUT2D eigenvalue weighted by atomic mass is 79.9. The van der Waals surface area contributed by atoms with Crippen LogP contribution < -0.4 is 0 Å². The lowest BCUT2D eigenvalue weighted by Gasteiger charge is -2.00. The second kappa shape index (κ2) is 4.37. The molecule has 2 nitrogen and oxygen atoms in total. The van der Waals surface area contributed by atoms with Gasteiger partial charge >= 0.3 is 0 Å². The van der Waals surface area contributed by atoms with Gasteiger partial charge in [0.15, 0.2) is 0 Å². The van der Waals surface area contributed by atoms with Crippen molar-refractivity contribution >= 4 is 38.6 Å². The van der Waals surface area contributed by atoms with Crippen LogP contribution in [0.25, 0.3) is 22.4 Å². The van der Waals surface area contributed by atoms with Crippen LogP contribution >= 0.6 is 27.5 Å². The average Bonchev–Trinajstić information content (AvgIpc) is 2.75.